The minimum absolute atomic E-state index is 0.0570. The Balaban J connectivity index is 1.85. The number of alkyl halides is 2. The zero-order valence-corrected chi connectivity index (χ0v) is 14.8. The number of hydrogen-bond acceptors (Lipinski definition) is 4. The number of fused-ring (bicyclic) bond motifs is 2. The number of carboxylic acid groups (broad SMARTS) is 1. The van der Waals surface area contributed by atoms with Crippen molar-refractivity contribution in [3.05, 3.63) is 52.3 Å². The van der Waals surface area contributed by atoms with Crippen molar-refractivity contribution in [2.24, 2.45) is 0 Å². The first-order valence-electron chi connectivity index (χ1n) is 8.41. The quantitative estimate of drug-likeness (QED) is 0.437. The van der Waals surface area contributed by atoms with E-state index in [4.69, 9.17) is 5.11 Å². The van der Waals surface area contributed by atoms with Crippen LogP contribution in [0.25, 0.3) is 33.1 Å². The smallest absolute Gasteiger partial charge is 0.414 e. The molecule has 0 atom stereocenters. The second kappa shape index (κ2) is 7.13. The van der Waals surface area contributed by atoms with Crippen LogP contribution in [0.2, 0.25) is 0 Å². The van der Waals surface area contributed by atoms with E-state index in [1.165, 1.54) is 18.2 Å². The van der Waals surface area contributed by atoms with Gasteiger partial charge in [0.1, 0.15) is 0 Å². The highest BCUT2D eigenvalue weighted by atomic mass is 19.3. The van der Waals surface area contributed by atoms with Crippen molar-refractivity contribution in [2.45, 2.75) is 6.43 Å². The molecule has 2 aromatic carbocycles. The second-order valence-corrected chi connectivity index (χ2v) is 6.29. The van der Waals surface area contributed by atoms with Crippen LogP contribution in [0.5, 0.6) is 0 Å². The van der Waals surface area contributed by atoms with Crippen molar-refractivity contribution >= 4 is 33.8 Å². The van der Waals surface area contributed by atoms with Gasteiger partial charge in [-0.05, 0) is 24.3 Å². The van der Waals surface area contributed by atoms with Gasteiger partial charge in [-0.2, -0.15) is 5.10 Å². The van der Waals surface area contributed by atoms with Crippen LogP contribution in [0.15, 0.2) is 35.1 Å². The fraction of sp³-hybridized carbons (Fsp3) is 0.111. The zero-order chi connectivity index (χ0) is 21.6. The van der Waals surface area contributed by atoms with Crippen LogP contribution in [-0.2, 0) is 0 Å². The highest BCUT2D eigenvalue weighted by Gasteiger charge is 2.23. The standard InChI is InChI=1S/C18H11F4N5O3/c19-10-4-8-9(5-11(10)20)16(28)26-25-15(8)7-1-2-12-13(3-7)24-17(23-12)27(18(29)30)6-14(21)22/h1-5,14H,6H2,(H,23,24)(H,26,28)(H,29,30). The minimum atomic E-state index is -2.91. The van der Waals surface area contributed by atoms with Crippen molar-refractivity contribution in [1.29, 1.82) is 0 Å². The van der Waals surface area contributed by atoms with Gasteiger partial charge in [-0.25, -0.2) is 37.3 Å². The SMILES string of the molecule is O=C(O)N(CC(F)F)c1nc2ccc(-c3n[nH]c(=O)c4cc(F)c(F)cc34)cc2[nH]1. The number of nitrogens with zero attached hydrogens (tertiary/aromatic N) is 3. The van der Waals surface area contributed by atoms with E-state index >= 15 is 0 Å². The lowest BCUT2D eigenvalue weighted by atomic mass is 10.0. The molecule has 2 aromatic heterocycles. The first-order valence-corrected chi connectivity index (χ1v) is 8.41. The Morgan fingerprint density at radius 1 is 1.13 bits per heavy atom. The molecule has 3 N–H and O–H groups in total. The summed E-state index contributed by atoms with van der Waals surface area (Å²) in [6.45, 7) is -1.07. The largest absolute Gasteiger partial charge is 0.465 e. The van der Waals surface area contributed by atoms with Crippen molar-refractivity contribution in [3.8, 4) is 11.3 Å². The molecule has 0 aliphatic carbocycles. The number of hydrogen-bond donors (Lipinski definition) is 3. The third kappa shape index (κ3) is 3.32. The van der Waals surface area contributed by atoms with Crippen molar-refractivity contribution in [2.75, 3.05) is 11.4 Å². The van der Waals surface area contributed by atoms with Gasteiger partial charge in [0.05, 0.1) is 28.7 Å². The third-order valence-corrected chi connectivity index (χ3v) is 4.38. The average molecular weight is 421 g/mol. The maximum atomic E-state index is 13.7. The van der Waals surface area contributed by atoms with E-state index in [9.17, 15) is 27.2 Å². The summed E-state index contributed by atoms with van der Waals surface area (Å²) in [7, 11) is 0. The topological polar surface area (TPSA) is 115 Å². The lowest BCUT2D eigenvalue weighted by molar-refractivity contribution is 0.147. The Morgan fingerprint density at radius 2 is 1.83 bits per heavy atom. The van der Waals surface area contributed by atoms with Gasteiger partial charge in [0.15, 0.2) is 11.6 Å². The van der Waals surface area contributed by atoms with Crippen LogP contribution < -0.4 is 10.5 Å². The summed E-state index contributed by atoms with van der Waals surface area (Å²) in [5.41, 5.74) is 0.346. The molecule has 2 heterocycles. The first-order chi connectivity index (χ1) is 14.2. The maximum Gasteiger partial charge on any atom is 0.414 e. The fourth-order valence-corrected chi connectivity index (χ4v) is 3.04. The van der Waals surface area contributed by atoms with Gasteiger partial charge >= 0.3 is 6.09 Å². The molecule has 0 unspecified atom stereocenters. The van der Waals surface area contributed by atoms with Crippen molar-refractivity contribution in [1.82, 2.24) is 20.2 Å². The molecule has 0 spiro atoms. The van der Waals surface area contributed by atoms with Crippen LogP contribution >= 0.6 is 0 Å². The number of amides is 1. The molecule has 8 nitrogen and oxygen atoms in total. The molecule has 0 fully saturated rings. The molecule has 12 heteroatoms. The van der Waals surface area contributed by atoms with E-state index in [2.05, 4.69) is 20.2 Å². The van der Waals surface area contributed by atoms with E-state index < -0.39 is 36.3 Å². The molecule has 154 valence electrons. The molecular formula is C18H11F4N5O3. The van der Waals surface area contributed by atoms with Crippen LogP contribution in [0.4, 0.5) is 28.3 Å². The first kappa shape index (κ1) is 19.4. The van der Waals surface area contributed by atoms with Gasteiger partial charge in [-0.15, -0.1) is 0 Å². The van der Waals surface area contributed by atoms with Gasteiger partial charge in [0, 0.05) is 10.9 Å². The molecule has 4 aromatic rings. The number of benzene rings is 2. The summed E-state index contributed by atoms with van der Waals surface area (Å²) in [5, 5.41) is 15.2. The number of H-pyrrole nitrogens is 2. The van der Waals surface area contributed by atoms with Crippen LogP contribution in [0, 0.1) is 11.6 Å². The molecule has 0 bridgehead atoms. The maximum absolute atomic E-state index is 13.7. The highest BCUT2D eigenvalue weighted by molar-refractivity contribution is 5.96. The number of aromatic nitrogens is 4. The minimum Gasteiger partial charge on any atom is -0.465 e. The molecule has 1 amide bonds. The lowest BCUT2D eigenvalue weighted by Gasteiger charge is -2.14. The van der Waals surface area contributed by atoms with Gasteiger partial charge in [-0.3, -0.25) is 4.79 Å². The molecule has 0 aliphatic rings. The summed E-state index contributed by atoms with van der Waals surface area (Å²) in [6.07, 6.45) is -4.52. The number of aromatic amines is 2. The Hall–Kier alpha value is -3.96. The summed E-state index contributed by atoms with van der Waals surface area (Å²) >= 11 is 0. The van der Waals surface area contributed by atoms with E-state index in [1.54, 1.807) is 0 Å². The summed E-state index contributed by atoms with van der Waals surface area (Å²) in [5.74, 6) is -2.65. The van der Waals surface area contributed by atoms with Crippen molar-refractivity contribution < 1.29 is 27.5 Å². The summed E-state index contributed by atoms with van der Waals surface area (Å²) < 4.78 is 52.6. The number of rotatable bonds is 4. The van der Waals surface area contributed by atoms with E-state index in [0.717, 1.165) is 12.1 Å². The molecule has 30 heavy (non-hydrogen) atoms. The van der Waals surface area contributed by atoms with E-state index in [-0.39, 0.29) is 33.4 Å². The van der Waals surface area contributed by atoms with Crippen LogP contribution in [0.3, 0.4) is 0 Å². The molecule has 4 rings (SSSR count). The van der Waals surface area contributed by atoms with Crippen LogP contribution in [0.1, 0.15) is 0 Å². The number of nitrogens with one attached hydrogen (secondary N) is 2. The van der Waals surface area contributed by atoms with Gasteiger partial charge in [-0.1, -0.05) is 6.07 Å². The number of anilines is 1. The van der Waals surface area contributed by atoms with E-state index in [1.807, 2.05) is 0 Å². The second-order valence-electron chi connectivity index (χ2n) is 6.29. The fourth-order valence-electron chi connectivity index (χ4n) is 3.04. The Kier molecular flexibility index (Phi) is 4.60. The highest BCUT2D eigenvalue weighted by Crippen LogP contribution is 2.29. The predicted octanol–water partition coefficient (Wildman–Crippen LogP) is 3.49. The molecule has 0 aliphatic heterocycles. The Morgan fingerprint density at radius 3 is 2.50 bits per heavy atom. The summed E-state index contributed by atoms with van der Waals surface area (Å²) in [6, 6.07) is 6.05. The molecule has 0 saturated carbocycles. The van der Waals surface area contributed by atoms with Crippen molar-refractivity contribution in [3.63, 3.8) is 0 Å². The molecular weight excluding hydrogens is 410 g/mol. The Labute approximate surface area is 163 Å². The zero-order valence-electron chi connectivity index (χ0n) is 14.8. The number of carbonyl (C=O) groups is 1. The van der Waals surface area contributed by atoms with Crippen LogP contribution in [-0.4, -0.2) is 44.3 Å². The number of imidazole rings is 1. The molecule has 0 radical (unpaired) electrons. The third-order valence-electron chi connectivity index (χ3n) is 4.38. The molecule has 0 saturated heterocycles. The average Bonchev–Trinajstić information content (AvgIpc) is 3.10. The van der Waals surface area contributed by atoms with Gasteiger partial charge in [0.2, 0.25) is 5.95 Å². The number of halogens is 4. The van der Waals surface area contributed by atoms with E-state index in [0.29, 0.717) is 10.5 Å². The summed E-state index contributed by atoms with van der Waals surface area (Å²) in [4.78, 5) is 30.2. The monoisotopic (exact) mass is 421 g/mol. The lowest BCUT2D eigenvalue weighted by Crippen LogP contribution is -2.34. The van der Waals surface area contributed by atoms with Gasteiger partial charge in [0.25, 0.3) is 12.0 Å². The Bertz CT molecular complexity index is 1350. The van der Waals surface area contributed by atoms with Gasteiger partial charge < -0.3 is 10.1 Å². The predicted molar refractivity (Wildman–Crippen MR) is 98.7 cm³/mol. The normalized spacial score (nSPS) is 11.5.